The number of nitrogens with one attached hydrogen (secondary N) is 1. The molecule has 0 radical (unpaired) electrons. The Morgan fingerprint density at radius 2 is 1.88 bits per heavy atom. The maximum Gasteiger partial charge on any atom is 0.331 e. The summed E-state index contributed by atoms with van der Waals surface area (Å²) in [5.41, 5.74) is 0.636. The number of carbonyl (C=O) groups excluding carboxylic acids is 2. The molecule has 1 atom stereocenters. The van der Waals surface area contributed by atoms with Crippen LogP contribution >= 0.6 is 11.6 Å². The lowest BCUT2D eigenvalue weighted by atomic mass is 10.2. The first-order chi connectivity index (χ1) is 11.8. The molecule has 0 spiro atoms. The molecule has 1 aromatic carbocycles. The van der Waals surface area contributed by atoms with Gasteiger partial charge in [-0.3, -0.25) is 4.79 Å². The molecule has 0 heterocycles. The van der Waals surface area contributed by atoms with E-state index in [2.05, 4.69) is 5.32 Å². The molecule has 25 heavy (non-hydrogen) atoms. The first kappa shape index (κ1) is 20.8. The van der Waals surface area contributed by atoms with Crippen molar-refractivity contribution in [3.8, 4) is 11.5 Å². The zero-order chi connectivity index (χ0) is 19.0. The Morgan fingerprint density at radius 1 is 1.20 bits per heavy atom. The third-order valence-corrected chi connectivity index (χ3v) is 3.50. The monoisotopic (exact) mass is 369 g/mol. The van der Waals surface area contributed by atoms with Crippen LogP contribution < -0.4 is 14.8 Å². The van der Waals surface area contributed by atoms with E-state index in [1.54, 1.807) is 12.1 Å². The fourth-order valence-corrected chi connectivity index (χ4v) is 2.21. The van der Waals surface area contributed by atoms with Crippen molar-refractivity contribution in [3.05, 3.63) is 28.8 Å². The molecule has 0 saturated heterocycles. The van der Waals surface area contributed by atoms with Crippen molar-refractivity contribution in [2.24, 2.45) is 5.92 Å². The summed E-state index contributed by atoms with van der Waals surface area (Å²) in [7, 11) is 2.98. The Labute approximate surface area is 153 Å². The minimum absolute atomic E-state index is 0.321. The standard InChI is InChI=1S/C18H24ClNO5/c1-11(2)10-20-18(22)12(3)25-16(21)7-6-13-8-14(19)17(24-5)15(9-13)23-4/h6-9,11-12H,10H2,1-5H3,(H,20,22)/b7-6+/t12-/m0/s1. The van der Waals surface area contributed by atoms with Crippen LogP contribution in [-0.4, -0.2) is 38.7 Å². The van der Waals surface area contributed by atoms with Crippen molar-refractivity contribution in [1.82, 2.24) is 5.32 Å². The molecule has 0 aliphatic rings. The van der Waals surface area contributed by atoms with E-state index in [1.165, 1.54) is 33.3 Å². The van der Waals surface area contributed by atoms with E-state index < -0.39 is 12.1 Å². The second-order valence-electron chi connectivity index (χ2n) is 5.79. The van der Waals surface area contributed by atoms with Gasteiger partial charge < -0.3 is 19.5 Å². The van der Waals surface area contributed by atoms with Crippen LogP contribution in [0.4, 0.5) is 0 Å². The summed E-state index contributed by atoms with van der Waals surface area (Å²) in [5.74, 6) is 0.230. The normalized spacial score (nSPS) is 12.1. The van der Waals surface area contributed by atoms with Crippen molar-refractivity contribution in [2.75, 3.05) is 20.8 Å². The number of amides is 1. The fourth-order valence-electron chi connectivity index (χ4n) is 1.91. The number of carbonyl (C=O) groups is 2. The molecule has 0 unspecified atom stereocenters. The van der Waals surface area contributed by atoms with Gasteiger partial charge in [0.1, 0.15) is 0 Å². The predicted molar refractivity (Wildman–Crippen MR) is 97.0 cm³/mol. The lowest BCUT2D eigenvalue weighted by Crippen LogP contribution is -2.37. The second kappa shape index (κ2) is 9.93. The van der Waals surface area contributed by atoms with Gasteiger partial charge in [0.05, 0.1) is 19.2 Å². The van der Waals surface area contributed by atoms with Crippen LogP contribution in [0.1, 0.15) is 26.3 Å². The van der Waals surface area contributed by atoms with Gasteiger partial charge in [-0.25, -0.2) is 4.79 Å². The Hall–Kier alpha value is -2.21. The molecule has 0 aliphatic carbocycles. The Morgan fingerprint density at radius 3 is 2.44 bits per heavy atom. The van der Waals surface area contributed by atoms with Crippen LogP contribution in [0.2, 0.25) is 5.02 Å². The van der Waals surface area contributed by atoms with Crippen molar-refractivity contribution in [3.63, 3.8) is 0 Å². The van der Waals surface area contributed by atoms with E-state index in [4.69, 9.17) is 25.8 Å². The Bertz CT molecular complexity index is 643. The summed E-state index contributed by atoms with van der Waals surface area (Å²) in [6, 6.07) is 3.30. The number of methoxy groups -OCH3 is 2. The van der Waals surface area contributed by atoms with Gasteiger partial charge in [0.25, 0.3) is 5.91 Å². The van der Waals surface area contributed by atoms with E-state index in [1.807, 2.05) is 13.8 Å². The van der Waals surface area contributed by atoms with E-state index in [0.29, 0.717) is 34.5 Å². The molecule has 1 rings (SSSR count). The SMILES string of the molecule is COc1cc(/C=C/C(=O)O[C@@H](C)C(=O)NCC(C)C)cc(Cl)c1OC. The number of rotatable bonds is 8. The molecule has 0 aromatic heterocycles. The second-order valence-corrected chi connectivity index (χ2v) is 6.20. The smallest absolute Gasteiger partial charge is 0.331 e. The maximum absolute atomic E-state index is 11.9. The first-order valence-corrected chi connectivity index (χ1v) is 8.24. The average molecular weight is 370 g/mol. The fraction of sp³-hybridized carbons (Fsp3) is 0.444. The molecule has 138 valence electrons. The van der Waals surface area contributed by atoms with Gasteiger partial charge in [-0.15, -0.1) is 0 Å². The third kappa shape index (κ3) is 6.66. The molecule has 0 fully saturated rings. The molecule has 1 N–H and O–H groups in total. The van der Waals surface area contributed by atoms with E-state index in [0.717, 1.165) is 0 Å². The topological polar surface area (TPSA) is 73.9 Å². The quantitative estimate of drug-likeness (QED) is 0.563. The molecule has 7 heteroatoms. The molecule has 1 aromatic rings. The predicted octanol–water partition coefficient (Wildman–Crippen LogP) is 3.07. The van der Waals surface area contributed by atoms with Crippen molar-refractivity contribution in [2.45, 2.75) is 26.9 Å². The zero-order valence-electron chi connectivity index (χ0n) is 15.1. The number of benzene rings is 1. The van der Waals surface area contributed by atoms with Gasteiger partial charge in [0, 0.05) is 12.6 Å². The Balaban J connectivity index is 2.70. The highest BCUT2D eigenvalue weighted by molar-refractivity contribution is 6.32. The van der Waals surface area contributed by atoms with E-state index in [-0.39, 0.29) is 5.91 Å². The molecular weight excluding hydrogens is 346 g/mol. The molecule has 0 saturated carbocycles. The van der Waals surface area contributed by atoms with Crippen LogP contribution in [0.3, 0.4) is 0 Å². The molecule has 6 nitrogen and oxygen atoms in total. The van der Waals surface area contributed by atoms with Gasteiger partial charge in [0.2, 0.25) is 0 Å². The molecule has 0 aliphatic heterocycles. The molecular formula is C18H24ClNO5. The minimum atomic E-state index is -0.870. The lowest BCUT2D eigenvalue weighted by Gasteiger charge is -2.13. The van der Waals surface area contributed by atoms with Gasteiger partial charge >= 0.3 is 5.97 Å². The van der Waals surface area contributed by atoms with Gasteiger partial charge in [-0.2, -0.15) is 0 Å². The summed E-state index contributed by atoms with van der Waals surface area (Å²) in [6.45, 7) is 6.01. The minimum Gasteiger partial charge on any atom is -0.493 e. The van der Waals surface area contributed by atoms with Crippen LogP contribution in [0.15, 0.2) is 18.2 Å². The number of hydrogen-bond acceptors (Lipinski definition) is 5. The van der Waals surface area contributed by atoms with Crippen LogP contribution in [-0.2, 0) is 14.3 Å². The zero-order valence-corrected chi connectivity index (χ0v) is 15.8. The van der Waals surface area contributed by atoms with Crippen molar-refractivity contribution in [1.29, 1.82) is 0 Å². The highest BCUT2D eigenvalue weighted by Gasteiger charge is 2.16. The molecule has 0 bridgehead atoms. The highest BCUT2D eigenvalue weighted by Crippen LogP contribution is 2.36. The summed E-state index contributed by atoms with van der Waals surface area (Å²) >= 11 is 6.11. The number of ether oxygens (including phenoxy) is 3. The summed E-state index contributed by atoms with van der Waals surface area (Å²) < 4.78 is 15.4. The third-order valence-electron chi connectivity index (χ3n) is 3.21. The molecule has 1 amide bonds. The van der Waals surface area contributed by atoms with Crippen LogP contribution in [0.5, 0.6) is 11.5 Å². The number of hydrogen-bond donors (Lipinski definition) is 1. The summed E-state index contributed by atoms with van der Waals surface area (Å²) in [6.07, 6.45) is 1.88. The van der Waals surface area contributed by atoms with Crippen LogP contribution in [0.25, 0.3) is 6.08 Å². The number of halogens is 1. The van der Waals surface area contributed by atoms with Gasteiger partial charge in [-0.05, 0) is 36.6 Å². The number of esters is 1. The van der Waals surface area contributed by atoms with Gasteiger partial charge in [-0.1, -0.05) is 25.4 Å². The van der Waals surface area contributed by atoms with Crippen LogP contribution in [0, 0.1) is 5.92 Å². The first-order valence-electron chi connectivity index (χ1n) is 7.86. The summed E-state index contributed by atoms with van der Waals surface area (Å²) in [5, 5.41) is 3.07. The lowest BCUT2D eigenvalue weighted by molar-refractivity contribution is -0.150. The van der Waals surface area contributed by atoms with E-state index >= 15 is 0 Å². The Kier molecular flexibility index (Phi) is 8.28. The van der Waals surface area contributed by atoms with Gasteiger partial charge in [0.15, 0.2) is 17.6 Å². The van der Waals surface area contributed by atoms with Crippen molar-refractivity contribution < 1.29 is 23.8 Å². The maximum atomic E-state index is 11.9. The van der Waals surface area contributed by atoms with E-state index in [9.17, 15) is 9.59 Å². The largest absolute Gasteiger partial charge is 0.493 e. The highest BCUT2D eigenvalue weighted by atomic mass is 35.5. The average Bonchev–Trinajstić information content (AvgIpc) is 2.56. The van der Waals surface area contributed by atoms with Crippen molar-refractivity contribution >= 4 is 29.6 Å². The summed E-state index contributed by atoms with van der Waals surface area (Å²) in [4.78, 5) is 23.6.